The van der Waals surface area contributed by atoms with Crippen molar-refractivity contribution < 1.29 is 27.4 Å². The number of nitrogens with two attached hydrogens (primary N) is 1. The summed E-state index contributed by atoms with van der Waals surface area (Å²) in [6, 6.07) is 2.05. The lowest BCUT2D eigenvalue weighted by Crippen LogP contribution is -2.33. The molecule has 2 aromatic rings. The van der Waals surface area contributed by atoms with E-state index in [-0.39, 0.29) is 28.4 Å². The molecule has 9 nitrogen and oxygen atoms in total. The number of carbonyl (C=O) groups is 1. The first kappa shape index (κ1) is 24.3. The summed E-state index contributed by atoms with van der Waals surface area (Å²) < 4.78 is 49.6. The van der Waals surface area contributed by atoms with Gasteiger partial charge in [0.25, 0.3) is 0 Å². The van der Waals surface area contributed by atoms with Crippen LogP contribution in [-0.2, 0) is 10.9 Å². The predicted molar refractivity (Wildman–Crippen MR) is 111 cm³/mol. The van der Waals surface area contributed by atoms with Crippen molar-refractivity contribution in [3.63, 3.8) is 0 Å². The minimum absolute atomic E-state index is 0.0215. The van der Waals surface area contributed by atoms with Crippen molar-refractivity contribution >= 4 is 28.8 Å². The molecular weight excluding hydrogens is 417 g/mol. The Morgan fingerprint density at radius 1 is 1.06 bits per heavy atom. The number of alkyl halides is 3. The van der Waals surface area contributed by atoms with Crippen LogP contribution in [0.1, 0.15) is 39.2 Å². The van der Waals surface area contributed by atoms with E-state index in [4.69, 9.17) is 15.3 Å². The van der Waals surface area contributed by atoms with Gasteiger partial charge in [0.2, 0.25) is 0 Å². The first-order chi connectivity index (χ1) is 14.4. The van der Waals surface area contributed by atoms with Crippen LogP contribution in [-0.4, -0.2) is 41.9 Å². The number of nitrogens with zero attached hydrogens (tertiary/aromatic N) is 2. The summed E-state index contributed by atoms with van der Waals surface area (Å²) in [5.74, 6) is 5.51. The number of fused-ring (bicyclic) bond motifs is 1. The van der Waals surface area contributed by atoms with Crippen molar-refractivity contribution in [2.45, 2.75) is 45.4 Å². The number of aromatic nitrogens is 2. The van der Waals surface area contributed by atoms with Crippen LogP contribution < -0.4 is 26.6 Å². The molecule has 0 radical (unpaired) electrons. The fraction of sp³-hybridized carbons (Fsp3) is 0.526. The number of ether oxygens (including phenoxy) is 2. The molecule has 0 saturated carbocycles. The molecule has 0 atom stereocenters. The third kappa shape index (κ3) is 7.02. The Balaban J connectivity index is 2.01. The van der Waals surface area contributed by atoms with Gasteiger partial charge in [-0.2, -0.15) is 13.2 Å². The first-order valence-corrected chi connectivity index (χ1v) is 9.59. The number of hydrogen-bond donors (Lipinski definition) is 4. The Hall–Kier alpha value is -3.02. The second kappa shape index (κ2) is 9.86. The molecule has 0 bridgehead atoms. The van der Waals surface area contributed by atoms with Crippen molar-refractivity contribution in [2.75, 3.05) is 30.9 Å². The van der Waals surface area contributed by atoms with Crippen LogP contribution in [0.5, 0.6) is 5.75 Å². The maximum absolute atomic E-state index is 13.2. The molecular formula is C19H27F3N6O3. The van der Waals surface area contributed by atoms with E-state index >= 15 is 0 Å². The molecule has 0 fully saturated rings. The highest BCUT2D eigenvalue weighted by atomic mass is 19.4. The molecule has 0 unspecified atom stereocenters. The molecule has 0 aliphatic carbocycles. The van der Waals surface area contributed by atoms with Crippen LogP contribution in [0.2, 0.25) is 0 Å². The van der Waals surface area contributed by atoms with Gasteiger partial charge in [0.15, 0.2) is 11.6 Å². The number of benzene rings is 1. The minimum atomic E-state index is -4.60. The summed E-state index contributed by atoms with van der Waals surface area (Å²) in [6.45, 7) is 6.25. The monoisotopic (exact) mass is 444 g/mol. The summed E-state index contributed by atoms with van der Waals surface area (Å²) in [5, 5.41) is 5.70. The molecule has 0 spiro atoms. The molecule has 12 heteroatoms. The van der Waals surface area contributed by atoms with Gasteiger partial charge in [-0.15, -0.1) is 0 Å². The zero-order chi connectivity index (χ0) is 23.2. The summed E-state index contributed by atoms with van der Waals surface area (Å²) in [6.07, 6.45) is -3.73. The number of methoxy groups -OCH3 is 1. The highest BCUT2D eigenvalue weighted by molar-refractivity contribution is 5.82. The number of anilines is 2. The van der Waals surface area contributed by atoms with Crippen molar-refractivity contribution in [2.24, 2.45) is 5.84 Å². The third-order valence-corrected chi connectivity index (χ3v) is 3.99. The Morgan fingerprint density at radius 2 is 1.68 bits per heavy atom. The zero-order valence-electron chi connectivity index (χ0n) is 17.8. The molecule has 2 rings (SSSR count). The number of carbonyl (C=O) groups excluding carboxylic acids is 1. The topological polar surface area (TPSA) is 123 Å². The SMILES string of the molecule is COc1cc2nc(NCCCCNC(=O)OC(C)(C)C)c(NN)nc2cc1C(F)(F)F. The Kier molecular flexibility index (Phi) is 7.71. The molecule has 31 heavy (non-hydrogen) atoms. The summed E-state index contributed by atoms with van der Waals surface area (Å²) in [7, 11) is 1.16. The van der Waals surface area contributed by atoms with Crippen LogP contribution in [0.3, 0.4) is 0 Å². The molecule has 0 aliphatic heterocycles. The van der Waals surface area contributed by atoms with Gasteiger partial charge in [0.1, 0.15) is 11.4 Å². The Morgan fingerprint density at radius 3 is 2.26 bits per heavy atom. The van der Waals surface area contributed by atoms with Gasteiger partial charge in [-0.25, -0.2) is 20.6 Å². The fourth-order valence-corrected chi connectivity index (χ4v) is 2.66. The number of nitrogens with one attached hydrogen (secondary N) is 3. The molecule has 1 amide bonds. The number of hydrogen-bond acceptors (Lipinski definition) is 8. The van der Waals surface area contributed by atoms with Gasteiger partial charge in [0, 0.05) is 19.2 Å². The standard InChI is InChI=1S/C19H27F3N6O3/c1-18(2,3)31-17(29)25-8-6-5-7-24-15-16(28-23)27-12-9-11(19(20,21)22)14(30-4)10-13(12)26-15/h9-10H,5-8,23H2,1-4H3,(H,24,26)(H,25,29)(H,27,28). The summed E-state index contributed by atoms with van der Waals surface area (Å²) in [4.78, 5) is 20.0. The number of nitrogen functional groups attached to an aromatic ring is 1. The van der Waals surface area contributed by atoms with Crippen LogP contribution >= 0.6 is 0 Å². The first-order valence-electron chi connectivity index (χ1n) is 9.59. The van der Waals surface area contributed by atoms with Crippen molar-refractivity contribution in [1.29, 1.82) is 0 Å². The minimum Gasteiger partial charge on any atom is -0.496 e. The smallest absolute Gasteiger partial charge is 0.420 e. The molecule has 1 aromatic carbocycles. The van der Waals surface area contributed by atoms with Gasteiger partial charge in [-0.05, 0) is 39.7 Å². The van der Waals surface area contributed by atoms with E-state index in [0.29, 0.717) is 25.9 Å². The van der Waals surface area contributed by atoms with Crippen molar-refractivity contribution in [3.8, 4) is 5.75 Å². The number of alkyl carbamates (subject to hydrolysis) is 1. The van der Waals surface area contributed by atoms with Crippen molar-refractivity contribution in [1.82, 2.24) is 15.3 Å². The number of amides is 1. The van der Waals surface area contributed by atoms with Crippen LogP contribution in [0.25, 0.3) is 11.0 Å². The van der Waals surface area contributed by atoms with Crippen LogP contribution in [0.4, 0.5) is 29.6 Å². The van der Waals surface area contributed by atoms with Gasteiger partial charge < -0.3 is 25.5 Å². The van der Waals surface area contributed by atoms with Gasteiger partial charge >= 0.3 is 12.3 Å². The second-order valence-corrected chi connectivity index (χ2v) is 7.67. The van der Waals surface area contributed by atoms with E-state index < -0.39 is 23.4 Å². The van der Waals surface area contributed by atoms with Crippen molar-refractivity contribution in [3.05, 3.63) is 17.7 Å². The molecule has 1 heterocycles. The maximum Gasteiger partial charge on any atom is 0.420 e. The van der Waals surface area contributed by atoms with E-state index in [1.54, 1.807) is 20.8 Å². The molecule has 0 aliphatic rings. The highest BCUT2D eigenvalue weighted by Gasteiger charge is 2.35. The normalized spacial score (nSPS) is 11.9. The van der Waals surface area contributed by atoms with E-state index in [9.17, 15) is 18.0 Å². The molecule has 172 valence electrons. The van der Waals surface area contributed by atoms with E-state index in [1.165, 1.54) is 6.07 Å². The van der Waals surface area contributed by atoms with E-state index in [1.807, 2.05) is 0 Å². The number of hydrazine groups is 1. The van der Waals surface area contributed by atoms with Gasteiger partial charge in [0.05, 0.1) is 23.7 Å². The van der Waals surface area contributed by atoms with E-state index in [0.717, 1.165) is 13.2 Å². The number of halogens is 3. The molecule has 1 aromatic heterocycles. The van der Waals surface area contributed by atoms with Gasteiger partial charge in [-0.1, -0.05) is 0 Å². The third-order valence-electron chi connectivity index (χ3n) is 3.99. The number of unbranched alkanes of at least 4 members (excludes halogenated alkanes) is 1. The second-order valence-electron chi connectivity index (χ2n) is 7.67. The Bertz CT molecular complexity index is 915. The zero-order valence-corrected chi connectivity index (χ0v) is 17.8. The van der Waals surface area contributed by atoms with Crippen LogP contribution in [0.15, 0.2) is 12.1 Å². The molecule has 5 N–H and O–H groups in total. The van der Waals surface area contributed by atoms with Gasteiger partial charge in [-0.3, -0.25) is 0 Å². The maximum atomic E-state index is 13.2. The lowest BCUT2D eigenvalue weighted by Gasteiger charge is -2.19. The highest BCUT2D eigenvalue weighted by Crippen LogP contribution is 2.38. The van der Waals surface area contributed by atoms with E-state index in [2.05, 4.69) is 26.0 Å². The van der Waals surface area contributed by atoms with Crippen LogP contribution in [0, 0.1) is 0 Å². The fourth-order valence-electron chi connectivity index (χ4n) is 2.66. The molecule has 0 saturated heterocycles. The lowest BCUT2D eigenvalue weighted by atomic mass is 10.1. The summed E-state index contributed by atoms with van der Waals surface area (Å²) >= 11 is 0. The predicted octanol–water partition coefficient (Wildman–Crippen LogP) is 3.66. The Labute approximate surface area is 177 Å². The largest absolute Gasteiger partial charge is 0.496 e. The summed E-state index contributed by atoms with van der Waals surface area (Å²) in [5.41, 5.74) is 1.08. The average molecular weight is 444 g/mol. The lowest BCUT2D eigenvalue weighted by molar-refractivity contribution is -0.138. The average Bonchev–Trinajstić information content (AvgIpc) is 2.66. The number of rotatable bonds is 8. The quantitative estimate of drug-likeness (QED) is 0.276.